The standard InChI is InChI=1S/C14H10F4N2O/c15-9-6-10(16)13(18)14(12(9)17)19-7-11(21)20-8-4-2-1-3-5-8/h1-6,19H,7H2,(H,20,21). The minimum Gasteiger partial charge on any atom is -0.371 e. The fourth-order valence-electron chi connectivity index (χ4n) is 1.62. The highest BCUT2D eigenvalue weighted by Crippen LogP contribution is 2.23. The summed E-state index contributed by atoms with van der Waals surface area (Å²) < 4.78 is 52.6. The zero-order valence-corrected chi connectivity index (χ0v) is 10.6. The van der Waals surface area contributed by atoms with Crippen molar-refractivity contribution in [2.75, 3.05) is 17.2 Å². The summed E-state index contributed by atoms with van der Waals surface area (Å²) in [6.07, 6.45) is 0. The first-order valence-corrected chi connectivity index (χ1v) is 5.91. The second-order valence-corrected chi connectivity index (χ2v) is 4.11. The third-order valence-electron chi connectivity index (χ3n) is 2.60. The SMILES string of the molecule is O=C(CNc1c(F)c(F)cc(F)c1F)Nc1ccccc1. The van der Waals surface area contributed by atoms with Crippen LogP contribution in [0.25, 0.3) is 0 Å². The van der Waals surface area contributed by atoms with E-state index in [4.69, 9.17) is 0 Å². The maximum absolute atomic E-state index is 13.3. The van der Waals surface area contributed by atoms with E-state index in [1.54, 1.807) is 30.3 Å². The topological polar surface area (TPSA) is 41.1 Å². The largest absolute Gasteiger partial charge is 0.371 e. The maximum Gasteiger partial charge on any atom is 0.243 e. The van der Waals surface area contributed by atoms with Gasteiger partial charge in [-0.1, -0.05) is 18.2 Å². The minimum absolute atomic E-state index is 0.0971. The Morgan fingerprint density at radius 3 is 2.10 bits per heavy atom. The summed E-state index contributed by atoms with van der Waals surface area (Å²) in [7, 11) is 0. The zero-order chi connectivity index (χ0) is 15.4. The molecular formula is C14H10F4N2O. The van der Waals surface area contributed by atoms with E-state index in [9.17, 15) is 22.4 Å². The van der Waals surface area contributed by atoms with Crippen LogP contribution in [-0.2, 0) is 4.79 Å². The molecule has 0 unspecified atom stereocenters. The highest BCUT2D eigenvalue weighted by Gasteiger charge is 2.19. The molecule has 0 aromatic heterocycles. The van der Waals surface area contributed by atoms with Crippen molar-refractivity contribution in [1.82, 2.24) is 0 Å². The van der Waals surface area contributed by atoms with Crippen LogP contribution in [0.2, 0.25) is 0 Å². The van der Waals surface area contributed by atoms with Crippen molar-refractivity contribution < 1.29 is 22.4 Å². The van der Waals surface area contributed by atoms with Gasteiger partial charge in [0.25, 0.3) is 0 Å². The molecule has 1 amide bonds. The molecule has 0 aliphatic carbocycles. The number of halogens is 4. The number of hydrogen-bond acceptors (Lipinski definition) is 2. The van der Waals surface area contributed by atoms with Gasteiger partial charge in [0.05, 0.1) is 6.54 Å². The van der Waals surface area contributed by atoms with Crippen molar-refractivity contribution in [2.24, 2.45) is 0 Å². The molecule has 21 heavy (non-hydrogen) atoms. The summed E-state index contributed by atoms with van der Waals surface area (Å²) in [5, 5.41) is 4.49. The first-order valence-electron chi connectivity index (χ1n) is 5.91. The second kappa shape index (κ2) is 6.25. The summed E-state index contributed by atoms with van der Waals surface area (Å²) in [5.41, 5.74) is -0.536. The highest BCUT2D eigenvalue weighted by molar-refractivity contribution is 5.93. The van der Waals surface area contributed by atoms with Gasteiger partial charge < -0.3 is 10.6 Å². The fraction of sp³-hybridized carbons (Fsp3) is 0.0714. The molecule has 0 aliphatic heterocycles. The van der Waals surface area contributed by atoms with Crippen molar-refractivity contribution in [1.29, 1.82) is 0 Å². The van der Waals surface area contributed by atoms with Gasteiger partial charge in [-0.05, 0) is 12.1 Å². The molecule has 0 saturated carbocycles. The third-order valence-corrected chi connectivity index (χ3v) is 2.60. The molecule has 0 bridgehead atoms. The summed E-state index contributed by atoms with van der Waals surface area (Å²) in [5.74, 6) is -6.87. The molecule has 2 aromatic rings. The highest BCUT2D eigenvalue weighted by atomic mass is 19.2. The Labute approximate surface area is 117 Å². The second-order valence-electron chi connectivity index (χ2n) is 4.11. The van der Waals surface area contributed by atoms with Crippen LogP contribution >= 0.6 is 0 Å². The van der Waals surface area contributed by atoms with Gasteiger partial charge >= 0.3 is 0 Å². The molecule has 110 valence electrons. The van der Waals surface area contributed by atoms with Crippen molar-refractivity contribution in [2.45, 2.75) is 0 Å². The third kappa shape index (κ3) is 3.50. The average Bonchev–Trinajstić information content (AvgIpc) is 2.46. The molecule has 2 aromatic carbocycles. The van der Waals surface area contributed by atoms with Crippen LogP contribution in [0.3, 0.4) is 0 Å². The van der Waals surface area contributed by atoms with E-state index >= 15 is 0 Å². The lowest BCUT2D eigenvalue weighted by atomic mass is 10.2. The summed E-state index contributed by atoms with van der Waals surface area (Å²) >= 11 is 0. The van der Waals surface area contributed by atoms with Crippen LogP contribution in [0.5, 0.6) is 0 Å². The molecule has 0 spiro atoms. The Balaban J connectivity index is 2.05. The molecule has 0 atom stereocenters. The maximum atomic E-state index is 13.3. The van der Waals surface area contributed by atoms with Gasteiger partial charge in [0, 0.05) is 11.8 Å². The molecule has 0 saturated heterocycles. The molecule has 0 heterocycles. The van der Waals surface area contributed by atoms with Crippen molar-refractivity contribution >= 4 is 17.3 Å². The van der Waals surface area contributed by atoms with Crippen LogP contribution in [0.4, 0.5) is 28.9 Å². The summed E-state index contributed by atoms with van der Waals surface area (Å²) in [4.78, 5) is 11.6. The normalized spacial score (nSPS) is 10.3. The van der Waals surface area contributed by atoms with Gasteiger partial charge in [-0.3, -0.25) is 4.79 Å². The quantitative estimate of drug-likeness (QED) is 0.672. The molecule has 0 fully saturated rings. The number of para-hydroxylation sites is 1. The van der Waals surface area contributed by atoms with Crippen molar-refractivity contribution in [3.8, 4) is 0 Å². The van der Waals surface area contributed by atoms with E-state index in [1.165, 1.54) is 0 Å². The Bertz CT molecular complexity index is 636. The number of rotatable bonds is 4. The van der Waals surface area contributed by atoms with Gasteiger partial charge in [-0.15, -0.1) is 0 Å². The van der Waals surface area contributed by atoms with Gasteiger partial charge in [0.2, 0.25) is 5.91 Å². The molecule has 3 nitrogen and oxygen atoms in total. The number of hydrogen-bond donors (Lipinski definition) is 2. The lowest BCUT2D eigenvalue weighted by Crippen LogP contribution is -2.23. The Morgan fingerprint density at radius 1 is 0.952 bits per heavy atom. The molecule has 7 heteroatoms. The van der Waals surface area contributed by atoms with E-state index < -0.39 is 41.4 Å². The smallest absolute Gasteiger partial charge is 0.243 e. The van der Waals surface area contributed by atoms with E-state index in [2.05, 4.69) is 5.32 Å². The van der Waals surface area contributed by atoms with Crippen LogP contribution in [-0.4, -0.2) is 12.5 Å². The van der Waals surface area contributed by atoms with E-state index in [0.29, 0.717) is 5.69 Å². The lowest BCUT2D eigenvalue weighted by molar-refractivity contribution is -0.114. The summed E-state index contributed by atoms with van der Waals surface area (Å²) in [6.45, 7) is -0.550. The van der Waals surface area contributed by atoms with Crippen molar-refractivity contribution in [3.05, 3.63) is 59.7 Å². The number of benzene rings is 2. The first kappa shape index (κ1) is 14.8. The van der Waals surface area contributed by atoms with E-state index in [1.807, 2.05) is 5.32 Å². The van der Waals surface area contributed by atoms with Crippen molar-refractivity contribution in [3.63, 3.8) is 0 Å². The molecule has 2 rings (SSSR count). The minimum atomic E-state index is -1.58. The first-order chi connectivity index (χ1) is 9.99. The van der Waals surface area contributed by atoms with Gasteiger partial charge in [-0.2, -0.15) is 0 Å². The van der Waals surface area contributed by atoms with Gasteiger partial charge in [0.1, 0.15) is 5.69 Å². The van der Waals surface area contributed by atoms with Crippen LogP contribution in [0, 0.1) is 23.3 Å². The lowest BCUT2D eigenvalue weighted by Gasteiger charge is -2.10. The van der Waals surface area contributed by atoms with Crippen LogP contribution in [0.1, 0.15) is 0 Å². The van der Waals surface area contributed by atoms with Gasteiger partial charge in [-0.25, -0.2) is 17.6 Å². The Morgan fingerprint density at radius 2 is 1.52 bits per heavy atom. The predicted molar refractivity (Wildman–Crippen MR) is 69.8 cm³/mol. The number of nitrogens with one attached hydrogen (secondary N) is 2. The number of carbonyl (C=O) groups is 1. The summed E-state index contributed by atoms with van der Waals surface area (Å²) in [6, 6.07) is 8.44. The molecule has 2 N–H and O–H groups in total. The monoisotopic (exact) mass is 298 g/mol. The number of carbonyl (C=O) groups excluding carboxylic acids is 1. The number of anilines is 2. The average molecular weight is 298 g/mol. The van der Waals surface area contributed by atoms with Crippen LogP contribution in [0.15, 0.2) is 36.4 Å². The molecule has 0 radical (unpaired) electrons. The van der Waals surface area contributed by atoms with Crippen LogP contribution < -0.4 is 10.6 Å². The Kier molecular flexibility index (Phi) is 4.42. The number of amides is 1. The Hall–Kier alpha value is -2.57. The van der Waals surface area contributed by atoms with E-state index in [0.717, 1.165) is 0 Å². The predicted octanol–water partition coefficient (Wildman–Crippen LogP) is 3.29. The fourth-order valence-corrected chi connectivity index (χ4v) is 1.62. The molecular weight excluding hydrogens is 288 g/mol. The van der Waals surface area contributed by atoms with E-state index in [-0.39, 0.29) is 6.07 Å². The molecule has 0 aliphatic rings. The van der Waals surface area contributed by atoms with Gasteiger partial charge in [0.15, 0.2) is 23.3 Å². The zero-order valence-electron chi connectivity index (χ0n) is 10.6.